The van der Waals surface area contributed by atoms with Crippen molar-refractivity contribution in [2.45, 2.75) is 13.0 Å². The smallest absolute Gasteiger partial charge is 0.267 e. The van der Waals surface area contributed by atoms with Crippen molar-refractivity contribution in [3.05, 3.63) is 76.3 Å². The summed E-state index contributed by atoms with van der Waals surface area (Å²) in [5.41, 5.74) is 9.31. The van der Waals surface area contributed by atoms with E-state index in [9.17, 15) is 9.90 Å². The van der Waals surface area contributed by atoms with Crippen molar-refractivity contribution < 1.29 is 19.4 Å². The summed E-state index contributed by atoms with van der Waals surface area (Å²) in [4.78, 5) is 18.5. The number of pyridine rings is 1. The second kappa shape index (κ2) is 8.86. The molecule has 0 saturated carbocycles. The fourth-order valence-corrected chi connectivity index (χ4v) is 4.44. The van der Waals surface area contributed by atoms with Crippen molar-refractivity contribution in [3.8, 4) is 11.5 Å². The largest absolute Gasteiger partial charge is 0.497 e. The van der Waals surface area contributed by atoms with Crippen LogP contribution in [0.3, 0.4) is 0 Å². The second-order valence-electron chi connectivity index (χ2n) is 7.22. The van der Waals surface area contributed by atoms with Gasteiger partial charge >= 0.3 is 0 Å². The van der Waals surface area contributed by atoms with E-state index >= 15 is 0 Å². The molecule has 7 nitrogen and oxygen atoms in total. The molecule has 0 bridgehead atoms. The molecule has 0 radical (unpaired) electrons. The maximum atomic E-state index is 12.8. The number of nitrogens with two attached hydrogens (primary N) is 1. The zero-order chi connectivity index (χ0) is 22.8. The molecule has 0 spiro atoms. The number of amides is 1. The monoisotopic (exact) mass is 449 g/mol. The first-order valence-corrected chi connectivity index (χ1v) is 10.7. The summed E-state index contributed by atoms with van der Waals surface area (Å²) < 4.78 is 10.3. The SMILES string of the molecule is COc1ccc(NC(=O)c2sc3nc(C)c(C(O)c4ccc(OC)cc4)cc3c2N)cc1. The van der Waals surface area contributed by atoms with Crippen molar-refractivity contribution in [3.63, 3.8) is 0 Å². The Kier molecular flexibility index (Phi) is 5.98. The lowest BCUT2D eigenvalue weighted by atomic mass is 9.99. The van der Waals surface area contributed by atoms with Crippen molar-refractivity contribution >= 4 is 38.8 Å². The van der Waals surface area contributed by atoms with E-state index in [1.54, 1.807) is 62.8 Å². The number of fused-ring (bicyclic) bond motifs is 1. The van der Waals surface area contributed by atoms with Gasteiger partial charge in [-0.1, -0.05) is 12.1 Å². The van der Waals surface area contributed by atoms with Gasteiger partial charge in [0.2, 0.25) is 0 Å². The van der Waals surface area contributed by atoms with Crippen LogP contribution in [0, 0.1) is 6.92 Å². The number of nitrogens with zero attached hydrogens (tertiary/aromatic N) is 1. The second-order valence-corrected chi connectivity index (χ2v) is 8.22. The molecule has 0 aliphatic rings. The van der Waals surface area contributed by atoms with E-state index in [0.29, 0.717) is 54.8 Å². The molecule has 1 atom stereocenters. The Morgan fingerprint density at radius 1 is 1.06 bits per heavy atom. The fourth-order valence-electron chi connectivity index (χ4n) is 3.42. The van der Waals surface area contributed by atoms with Gasteiger partial charge in [-0.3, -0.25) is 4.79 Å². The van der Waals surface area contributed by atoms with Crippen LogP contribution >= 0.6 is 11.3 Å². The average molecular weight is 450 g/mol. The summed E-state index contributed by atoms with van der Waals surface area (Å²) >= 11 is 1.22. The molecule has 2 heterocycles. The number of anilines is 2. The van der Waals surface area contributed by atoms with Gasteiger partial charge in [-0.15, -0.1) is 11.3 Å². The molecule has 164 valence electrons. The Bertz CT molecular complexity index is 1270. The van der Waals surface area contributed by atoms with Crippen LogP contribution in [0.15, 0.2) is 54.6 Å². The molecule has 4 rings (SSSR count). The molecule has 1 amide bonds. The highest BCUT2D eigenvalue weighted by atomic mass is 32.1. The molecule has 2 aromatic carbocycles. The van der Waals surface area contributed by atoms with Gasteiger partial charge in [-0.2, -0.15) is 0 Å². The number of hydrogen-bond donors (Lipinski definition) is 3. The van der Waals surface area contributed by atoms with Crippen molar-refractivity contribution in [2.75, 3.05) is 25.3 Å². The standard InChI is InChI=1S/C24H23N3O4S/c1-13-18(21(28)14-4-8-16(30-2)9-5-14)12-19-20(25)22(32-24(19)26-13)23(29)27-15-6-10-17(31-3)11-7-15/h4-12,21,28H,25H2,1-3H3,(H,27,29). The van der Waals surface area contributed by atoms with E-state index in [1.807, 2.05) is 13.0 Å². The Hall–Kier alpha value is -3.62. The maximum Gasteiger partial charge on any atom is 0.267 e. The van der Waals surface area contributed by atoms with Crippen LogP contribution in [0.2, 0.25) is 0 Å². The number of aryl methyl sites for hydroxylation is 1. The van der Waals surface area contributed by atoms with Crippen LogP contribution in [0.25, 0.3) is 10.2 Å². The number of aliphatic hydroxyl groups is 1. The van der Waals surface area contributed by atoms with Crippen molar-refractivity contribution in [1.29, 1.82) is 0 Å². The highest BCUT2D eigenvalue weighted by Crippen LogP contribution is 2.36. The minimum absolute atomic E-state index is 0.314. The number of rotatable bonds is 6. The number of thiophene rings is 1. The molecule has 0 fully saturated rings. The first-order chi connectivity index (χ1) is 15.4. The van der Waals surface area contributed by atoms with E-state index in [1.165, 1.54) is 11.3 Å². The van der Waals surface area contributed by atoms with E-state index in [0.717, 1.165) is 0 Å². The highest BCUT2D eigenvalue weighted by molar-refractivity contribution is 7.21. The summed E-state index contributed by atoms with van der Waals surface area (Å²) in [5.74, 6) is 1.10. The molecular weight excluding hydrogens is 426 g/mol. The minimum atomic E-state index is -0.881. The molecule has 0 aliphatic heterocycles. The van der Waals surface area contributed by atoms with E-state index in [-0.39, 0.29) is 5.91 Å². The zero-order valence-corrected chi connectivity index (χ0v) is 18.7. The van der Waals surface area contributed by atoms with Crippen LogP contribution in [0.4, 0.5) is 11.4 Å². The molecular formula is C24H23N3O4S. The average Bonchev–Trinajstić information content (AvgIpc) is 3.14. The number of nitrogen functional groups attached to an aromatic ring is 1. The Labute approximate surface area is 189 Å². The van der Waals surface area contributed by atoms with Gasteiger partial charge < -0.3 is 25.6 Å². The van der Waals surface area contributed by atoms with Crippen LogP contribution in [0.5, 0.6) is 11.5 Å². The first-order valence-electron chi connectivity index (χ1n) is 9.88. The molecule has 8 heteroatoms. The van der Waals surface area contributed by atoms with Crippen molar-refractivity contribution in [2.24, 2.45) is 0 Å². The summed E-state index contributed by atoms with van der Waals surface area (Å²) in [6.07, 6.45) is -0.881. The third-order valence-electron chi connectivity index (χ3n) is 5.23. The van der Waals surface area contributed by atoms with E-state index < -0.39 is 6.10 Å². The Balaban J connectivity index is 1.65. The molecule has 0 aliphatic carbocycles. The third-order valence-corrected chi connectivity index (χ3v) is 6.35. The number of nitrogens with one attached hydrogen (secondary N) is 1. The van der Waals surface area contributed by atoms with Gasteiger partial charge in [-0.05, 0) is 55.0 Å². The lowest BCUT2D eigenvalue weighted by Gasteiger charge is -2.14. The summed E-state index contributed by atoms with van der Waals surface area (Å²) in [6, 6.07) is 16.0. The molecule has 4 aromatic rings. The fraction of sp³-hybridized carbons (Fsp3) is 0.167. The lowest BCUT2D eigenvalue weighted by molar-refractivity contribution is 0.103. The number of carbonyl (C=O) groups is 1. The third kappa shape index (κ3) is 4.10. The number of aliphatic hydroxyl groups excluding tert-OH is 1. The number of carbonyl (C=O) groups excluding carboxylic acids is 1. The number of ether oxygens (including phenoxy) is 2. The van der Waals surface area contributed by atoms with Gasteiger partial charge in [0.25, 0.3) is 5.91 Å². The van der Waals surface area contributed by atoms with Gasteiger partial charge in [0.05, 0.1) is 19.9 Å². The molecule has 0 saturated heterocycles. The van der Waals surface area contributed by atoms with Gasteiger partial charge in [0.15, 0.2) is 0 Å². The Morgan fingerprint density at radius 3 is 2.25 bits per heavy atom. The van der Waals surface area contributed by atoms with Gasteiger partial charge in [0.1, 0.15) is 27.3 Å². The predicted octanol–water partition coefficient (Wildman–Crippen LogP) is 4.54. The Morgan fingerprint density at radius 2 is 1.66 bits per heavy atom. The highest BCUT2D eigenvalue weighted by Gasteiger charge is 2.21. The molecule has 2 aromatic heterocycles. The molecule has 32 heavy (non-hydrogen) atoms. The quantitative estimate of drug-likeness (QED) is 0.399. The number of benzene rings is 2. The first kappa shape index (κ1) is 21.6. The summed E-state index contributed by atoms with van der Waals surface area (Å²) in [7, 11) is 3.18. The zero-order valence-electron chi connectivity index (χ0n) is 17.9. The molecule has 4 N–H and O–H groups in total. The topological polar surface area (TPSA) is 107 Å². The van der Waals surface area contributed by atoms with Crippen LogP contribution in [0.1, 0.15) is 32.6 Å². The number of methoxy groups -OCH3 is 2. The minimum Gasteiger partial charge on any atom is -0.497 e. The van der Waals surface area contributed by atoms with Crippen LogP contribution < -0.4 is 20.5 Å². The van der Waals surface area contributed by atoms with Crippen LogP contribution in [-0.2, 0) is 0 Å². The maximum absolute atomic E-state index is 12.8. The van der Waals surface area contributed by atoms with Crippen molar-refractivity contribution in [1.82, 2.24) is 4.98 Å². The van der Waals surface area contributed by atoms with E-state index in [4.69, 9.17) is 15.2 Å². The number of hydrogen-bond acceptors (Lipinski definition) is 7. The lowest BCUT2D eigenvalue weighted by Crippen LogP contribution is -2.11. The molecule has 1 unspecified atom stereocenters. The summed E-state index contributed by atoms with van der Waals surface area (Å²) in [6.45, 7) is 1.83. The van der Waals surface area contributed by atoms with Gasteiger partial charge in [0, 0.05) is 22.3 Å². The normalized spacial score (nSPS) is 11.9. The van der Waals surface area contributed by atoms with Gasteiger partial charge in [-0.25, -0.2) is 4.98 Å². The summed E-state index contributed by atoms with van der Waals surface area (Å²) in [5, 5.41) is 14.4. The van der Waals surface area contributed by atoms with E-state index in [2.05, 4.69) is 10.3 Å². The predicted molar refractivity (Wildman–Crippen MR) is 127 cm³/mol. The number of aromatic nitrogens is 1. The van der Waals surface area contributed by atoms with Crippen LogP contribution in [-0.4, -0.2) is 30.2 Å².